The second-order valence-corrected chi connectivity index (χ2v) is 4.76. The monoisotopic (exact) mass is 255 g/mol. The number of aromatic nitrogens is 1. The molecule has 0 spiro atoms. The van der Waals surface area contributed by atoms with E-state index in [4.69, 9.17) is 4.74 Å². The Morgan fingerprint density at radius 2 is 2.29 bits per heavy atom. The second-order valence-electron chi connectivity index (χ2n) is 3.91. The van der Waals surface area contributed by atoms with Crippen LogP contribution in [0.1, 0.15) is 36.7 Å². The maximum atomic E-state index is 11.6. The first-order valence-electron chi connectivity index (χ1n) is 5.93. The van der Waals surface area contributed by atoms with Crippen molar-refractivity contribution in [2.75, 3.05) is 25.1 Å². The zero-order valence-electron chi connectivity index (χ0n) is 9.94. The van der Waals surface area contributed by atoms with Gasteiger partial charge in [-0.2, -0.15) is 0 Å². The van der Waals surface area contributed by atoms with Crippen molar-refractivity contribution in [2.45, 2.75) is 26.2 Å². The molecular formula is C11H17N3O2S. The van der Waals surface area contributed by atoms with E-state index in [1.54, 1.807) is 12.4 Å². The summed E-state index contributed by atoms with van der Waals surface area (Å²) in [6.45, 7) is 4.20. The molecule has 0 atom stereocenters. The molecule has 0 aliphatic carbocycles. The number of thiazole rings is 1. The topological polar surface area (TPSA) is 54.5 Å². The number of nitrogens with one attached hydrogen (secondary N) is 1. The summed E-state index contributed by atoms with van der Waals surface area (Å²) in [6.07, 6.45) is 3.67. The Hall–Kier alpha value is -1.14. The number of rotatable bonds is 4. The molecule has 0 unspecified atom stereocenters. The van der Waals surface area contributed by atoms with Gasteiger partial charge >= 0.3 is 5.97 Å². The van der Waals surface area contributed by atoms with Crippen LogP contribution in [0.5, 0.6) is 0 Å². The van der Waals surface area contributed by atoms with Crippen LogP contribution in [0.2, 0.25) is 0 Å². The van der Waals surface area contributed by atoms with Gasteiger partial charge in [0.15, 0.2) is 5.69 Å². The van der Waals surface area contributed by atoms with Crippen LogP contribution < -0.4 is 5.43 Å². The smallest absolute Gasteiger partial charge is 0.360 e. The van der Waals surface area contributed by atoms with Gasteiger partial charge < -0.3 is 10.2 Å². The molecule has 1 aliphatic heterocycles. The summed E-state index contributed by atoms with van der Waals surface area (Å²) < 4.78 is 4.96. The van der Waals surface area contributed by atoms with Crippen molar-refractivity contribution in [3.05, 3.63) is 11.2 Å². The van der Waals surface area contributed by atoms with Crippen molar-refractivity contribution in [2.24, 2.45) is 0 Å². The van der Waals surface area contributed by atoms with Gasteiger partial charge in [-0.25, -0.2) is 14.8 Å². The Kier molecular flexibility index (Phi) is 4.33. The number of carbonyl (C=O) groups excluding carboxylic acids is 1. The average molecular weight is 255 g/mol. The fourth-order valence-electron chi connectivity index (χ4n) is 1.82. The van der Waals surface area contributed by atoms with Crippen LogP contribution in [0.4, 0.5) is 5.00 Å². The van der Waals surface area contributed by atoms with Crippen LogP contribution in [0.25, 0.3) is 0 Å². The minimum absolute atomic E-state index is 0.353. The fraction of sp³-hybridized carbons (Fsp3) is 0.636. The van der Waals surface area contributed by atoms with E-state index in [9.17, 15) is 4.79 Å². The molecule has 1 aromatic heterocycles. The molecule has 5 nitrogen and oxygen atoms in total. The third kappa shape index (κ3) is 3.17. The third-order valence-electron chi connectivity index (χ3n) is 2.65. The first kappa shape index (κ1) is 12.3. The second kappa shape index (κ2) is 5.97. The molecule has 1 aliphatic rings. The van der Waals surface area contributed by atoms with Gasteiger partial charge in [-0.3, -0.25) is 0 Å². The minimum atomic E-state index is -0.353. The van der Waals surface area contributed by atoms with Crippen molar-refractivity contribution in [3.63, 3.8) is 0 Å². The Morgan fingerprint density at radius 3 is 3.00 bits per heavy atom. The fourth-order valence-corrected chi connectivity index (χ4v) is 2.51. The number of hydrogen-bond donors (Lipinski definition) is 1. The van der Waals surface area contributed by atoms with Crippen LogP contribution in [0.15, 0.2) is 5.51 Å². The van der Waals surface area contributed by atoms with Gasteiger partial charge in [0, 0.05) is 13.1 Å². The van der Waals surface area contributed by atoms with Crippen molar-refractivity contribution in [3.8, 4) is 0 Å². The van der Waals surface area contributed by atoms with Gasteiger partial charge in [0.2, 0.25) is 0 Å². The summed E-state index contributed by atoms with van der Waals surface area (Å²) in [6, 6.07) is 0. The first-order chi connectivity index (χ1) is 8.31. The highest BCUT2D eigenvalue weighted by atomic mass is 32.1. The lowest BCUT2D eigenvalue weighted by molar-refractivity contribution is 0.0521. The number of anilines is 1. The quantitative estimate of drug-likeness (QED) is 0.835. The van der Waals surface area contributed by atoms with E-state index < -0.39 is 0 Å². The summed E-state index contributed by atoms with van der Waals surface area (Å²) in [5, 5.41) is 2.92. The zero-order chi connectivity index (χ0) is 12.1. The van der Waals surface area contributed by atoms with E-state index >= 15 is 0 Å². The highest BCUT2D eigenvalue weighted by Gasteiger charge is 2.18. The molecule has 2 heterocycles. The lowest BCUT2D eigenvalue weighted by atomic mass is 10.2. The maximum absolute atomic E-state index is 11.6. The van der Waals surface area contributed by atoms with Crippen LogP contribution in [-0.4, -0.2) is 35.7 Å². The average Bonchev–Trinajstić information content (AvgIpc) is 2.79. The van der Waals surface area contributed by atoms with Crippen LogP contribution in [-0.2, 0) is 4.74 Å². The molecule has 17 heavy (non-hydrogen) atoms. The number of ether oxygens (including phenoxy) is 1. The number of piperidine rings is 1. The van der Waals surface area contributed by atoms with E-state index in [-0.39, 0.29) is 5.97 Å². The predicted octanol–water partition coefficient (Wildman–Crippen LogP) is 2.13. The maximum Gasteiger partial charge on any atom is 0.360 e. The molecule has 1 N–H and O–H groups in total. The third-order valence-corrected chi connectivity index (χ3v) is 3.38. The van der Waals surface area contributed by atoms with Crippen molar-refractivity contribution < 1.29 is 9.53 Å². The number of nitrogens with zero attached hydrogens (tertiary/aromatic N) is 2. The molecule has 0 amide bonds. The lowest BCUT2D eigenvalue weighted by Crippen LogP contribution is -2.35. The standard InChI is InChI=1S/C11H17N3O2S/c1-2-16-11(15)9-10(17-8-12-9)13-14-6-4-3-5-7-14/h8,13H,2-7H2,1H3. The molecule has 0 saturated carbocycles. The van der Waals surface area contributed by atoms with Gasteiger partial charge in [-0.15, -0.1) is 11.3 Å². The number of esters is 1. The Morgan fingerprint density at radius 1 is 1.53 bits per heavy atom. The molecule has 94 valence electrons. The Labute approximate surface area is 105 Å². The highest BCUT2D eigenvalue weighted by molar-refractivity contribution is 7.14. The van der Waals surface area contributed by atoms with E-state index in [1.165, 1.54) is 30.6 Å². The van der Waals surface area contributed by atoms with Gasteiger partial charge in [0.25, 0.3) is 0 Å². The molecule has 0 radical (unpaired) electrons. The molecule has 6 heteroatoms. The van der Waals surface area contributed by atoms with Gasteiger partial charge in [-0.05, 0) is 19.8 Å². The molecular weight excluding hydrogens is 238 g/mol. The normalized spacial score (nSPS) is 16.8. The Balaban J connectivity index is 2.00. The van der Waals surface area contributed by atoms with Crippen molar-refractivity contribution >= 4 is 22.3 Å². The van der Waals surface area contributed by atoms with Crippen molar-refractivity contribution in [1.29, 1.82) is 0 Å². The first-order valence-corrected chi connectivity index (χ1v) is 6.81. The highest BCUT2D eigenvalue weighted by Crippen LogP contribution is 2.22. The SMILES string of the molecule is CCOC(=O)c1ncsc1NN1CCCCC1. The van der Waals surface area contributed by atoms with Crippen LogP contribution in [0.3, 0.4) is 0 Å². The molecule has 1 aromatic rings. The largest absolute Gasteiger partial charge is 0.461 e. The van der Waals surface area contributed by atoms with Gasteiger partial charge in [-0.1, -0.05) is 6.42 Å². The summed E-state index contributed by atoms with van der Waals surface area (Å²) in [4.78, 5) is 15.7. The Bertz CT molecular complexity index is 375. The lowest BCUT2D eigenvalue weighted by Gasteiger charge is -2.27. The predicted molar refractivity (Wildman–Crippen MR) is 67.1 cm³/mol. The van der Waals surface area contributed by atoms with E-state index in [0.29, 0.717) is 12.3 Å². The number of hydrazine groups is 1. The molecule has 0 bridgehead atoms. The van der Waals surface area contributed by atoms with E-state index in [2.05, 4.69) is 15.4 Å². The zero-order valence-corrected chi connectivity index (χ0v) is 10.8. The van der Waals surface area contributed by atoms with Crippen molar-refractivity contribution in [1.82, 2.24) is 9.99 Å². The number of hydrogen-bond acceptors (Lipinski definition) is 6. The van der Waals surface area contributed by atoms with Crippen LogP contribution >= 0.6 is 11.3 Å². The molecule has 0 aromatic carbocycles. The summed E-state index contributed by atoms with van der Waals surface area (Å²) >= 11 is 1.43. The summed E-state index contributed by atoms with van der Waals surface area (Å²) in [7, 11) is 0. The molecule has 1 fully saturated rings. The van der Waals surface area contributed by atoms with Crippen LogP contribution in [0, 0.1) is 0 Å². The number of carbonyl (C=O) groups is 1. The van der Waals surface area contributed by atoms with E-state index in [1.807, 2.05) is 0 Å². The van der Waals surface area contributed by atoms with E-state index in [0.717, 1.165) is 18.1 Å². The minimum Gasteiger partial charge on any atom is -0.461 e. The summed E-state index contributed by atoms with van der Waals surface area (Å²) in [5.74, 6) is -0.353. The molecule has 2 rings (SSSR count). The van der Waals surface area contributed by atoms with Gasteiger partial charge in [0.1, 0.15) is 5.00 Å². The molecule has 1 saturated heterocycles. The van der Waals surface area contributed by atoms with Gasteiger partial charge in [0.05, 0.1) is 12.1 Å². The summed E-state index contributed by atoms with van der Waals surface area (Å²) in [5.41, 5.74) is 5.31.